The number of alkyl halides is 1. The van der Waals surface area contributed by atoms with Gasteiger partial charge in [0.05, 0.1) is 15.8 Å². The summed E-state index contributed by atoms with van der Waals surface area (Å²) in [4.78, 5) is 22.8. The third-order valence-corrected chi connectivity index (χ3v) is 4.13. The Morgan fingerprint density at radius 1 is 1.29 bits per heavy atom. The van der Waals surface area contributed by atoms with Crippen molar-refractivity contribution in [2.24, 2.45) is 5.92 Å². The lowest BCUT2D eigenvalue weighted by Gasteiger charge is -2.18. The number of sulfone groups is 1. The number of benzene rings is 1. The Morgan fingerprint density at radius 2 is 1.81 bits per heavy atom. The lowest BCUT2D eigenvalue weighted by Crippen LogP contribution is -2.36. The van der Waals surface area contributed by atoms with E-state index in [1.807, 2.05) is 0 Å². The minimum Gasteiger partial charge on any atom is -0.296 e. The fourth-order valence-electron chi connectivity index (χ4n) is 1.73. The number of carbonyl (C=O) groups is 2. The van der Waals surface area contributed by atoms with Crippen LogP contribution in [0.25, 0.3) is 0 Å². The third-order valence-electron chi connectivity index (χ3n) is 2.79. The number of rotatable bonds is 5. The molecule has 21 heavy (non-hydrogen) atoms. The molecule has 0 aliphatic rings. The lowest BCUT2D eigenvalue weighted by molar-refractivity contribution is -0.121. The smallest absolute Gasteiger partial charge is 0.188 e. The van der Waals surface area contributed by atoms with Gasteiger partial charge in [-0.3, -0.25) is 9.59 Å². The molecule has 0 bridgehead atoms. The molecule has 0 fully saturated rings. The van der Waals surface area contributed by atoms with Crippen molar-refractivity contribution in [1.82, 2.24) is 0 Å². The summed E-state index contributed by atoms with van der Waals surface area (Å²) in [6.07, 6.45) is 0.952. The molecule has 1 aromatic rings. The fraction of sp³-hybridized carbons (Fsp3) is 0.357. The van der Waals surface area contributed by atoms with E-state index in [1.165, 1.54) is 38.1 Å². The molecule has 0 aliphatic heterocycles. The first kappa shape index (κ1) is 17.3. The topological polar surface area (TPSA) is 92.1 Å². The van der Waals surface area contributed by atoms with Crippen LogP contribution < -0.4 is 0 Å². The van der Waals surface area contributed by atoms with Crippen LogP contribution >= 0.6 is 11.6 Å². The van der Waals surface area contributed by atoms with Crippen molar-refractivity contribution in [2.75, 3.05) is 6.26 Å². The van der Waals surface area contributed by atoms with Crippen molar-refractivity contribution in [3.8, 4) is 6.07 Å². The molecule has 0 aliphatic carbocycles. The monoisotopic (exact) mass is 327 g/mol. The SMILES string of the molecule is CC(C)(Cl)C(=O)C(C#N)C(=O)c1ccccc1S(C)(=O)=O. The van der Waals surface area contributed by atoms with Crippen molar-refractivity contribution in [3.63, 3.8) is 0 Å². The highest BCUT2D eigenvalue weighted by molar-refractivity contribution is 7.90. The van der Waals surface area contributed by atoms with Gasteiger partial charge < -0.3 is 0 Å². The summed E-state index contributed by atoms with van der Waals surface area (Å²) >= 11 is 5.85. The maximum atomic E-state index is 12.4. The van der Waals surface area contributed by atoms with Crippen LogP contribution in [0.2, 0.25) is 0 Å². The number of nitrogens with zero attached hydrogens (tertiary/aromatic N) is 1. The largest absolute Gasteiger partial charge is 0.296 e. The molecule has 1 aromatic carbocycles. The highest BCUT2D eigenvalue weighted by atomic mass is 35.5. The number of carbonyl (C=O) groups excluding carboxylic acids is 2. The average molecular weight is 328 g/mol. The summed E-state index contributed by atoms with van der Waals surface area (Å²) < 4.78 is 23.4. The highest BCUT2D eigenvalue weighted by Crippen LogP contribution is 2.24. The van der Waals surface area contributed by atoms with Gasteiger partial charge in [-0.25, -0.2) is 8.42 Å². The van der Waals surface area contributed by atoms with E-state index < -0.39 is 32.2 Å². The van der Waals surface area contributed by atoms with Gasteiger partial charge in [-0.1, -0.05) is 18.2 Å². The van der Waals surface area contributed by atoms with Crippen LogP contribution in [-0.4, -0.2) is 31.1 Å². The second kappa shape index (κ2) is 5.96. The van der Waals surface area contributed by atoms with E-state index in [1.54, 1.807) is 6.07 Å². The average Bonchev–Trinajstić information content (AvgIpc) is 2.37. The summed E-state index contributed by atoms with van der Waals surface area (Å²) in [6, 6.07) is 7.06. The van der Waals surface area contributed by atoms with Gasteiger partial charge in [-0.15, -0.1) is 11.6 Å². The first-order valence-electron chi connectivity index (χ1n) is 5.96. The van der Waals surface area contributed by atoms with Gasteiger partial charge in [-0.05, 0) is 19.9 Å². The summed E-state index contributed by atoms with van der Waals surface area (Å²) in [5.74, 6) is -3.27. The van der Waals surface area contributed by atoms with E-state index in [-0.39, 0.29) is 10.5 Å². The van der Waals surface area contributed by atoms with Crippen LogP contribution in [0.15, 0.2) is 29.2 Å². The van der Waals surface area contributed by atoms with Crippen LogP contribution in [0.1, 0.15) is 24.2 Å². The number of ketones is 2. The lowest BCUT2D eigenvalue weighted by atomic mass is 9.89. The number of halogens is 1. The second-order valence-corrected chi connectivity index (χ2v) is 7.96. The van der Waals surface area contributed by atoms with Gasteiger partial charge in [0.2, 0.25) is 0 Å². The summed E-state index contributed by atoms with van der Waals surface area (Å²) in [5, 5.41) is 9.09. The molecule has 7 heteroatoms. The molecule has 1 unspecified atom stereocenters. The predicted octanol–water partition coefficient (Wildman–Crippen LogP) is 2.00. The highest BCUT2D eigenvalue weighted by Gasteiger charge is 2.38. The molecule has 0 radical (unpaired) electrons. The molecule has 5 nitrogen and oxygen atoms in total. The minimum atomic E-state index is -3.66. The Hall–Kier alpha value is -1.71. The number of nitriles is 1. The summed E-state index contributed by atoms with van der Waals surface area (Å²) in [7, 11) is -3.66. The van der Waals surface area contributed by atoms with Crippen LogP contribution in [0.4, 0.5) is 0 Å². The summed E-state index contributed by atoms with van der Waals surface area (Å²) in [6.45, 7) is 2.74. The van der Waals surface area contributed by atoms with Gasteiger partial charge >= 0.3 is 0 Å². The van der Waals surface area contributed by atoms with Crippen molar-refractivity contribution < 1.29 is 18.0 Å². The van der Waals surface area contributed by atoms with Crippen LogP contribution in [0.5, 0.6) is 0 Å². The molecule has 0 spiro atoms. The fourth-order valence-corrected chi connectivity index (χ4v) is 2.73. The molecule has 1 rings (SSSR count). The molecule has 0 amide bonds. The van der Waals surface area contributed by atoms with Crippen molar-refractivity contribution in [3.05, 3.63) is 29.8 Å². The Balaban J connectivity index is 3.39. The second-order valence-electron chi connectivity index (χ2n) is 5.03. The van der Waals surface area contributed by atoms with Crippen molar-refractivity contribution in [2.45, 2.75) is 23.6 Å². The van der Waals surface area contributed by atoms with Crippen LogP contribution in [0, 0.1) is 17.2 Å². The quantitative estimate of drug-likeness (QED) is 0.468. The normalized spacial score (nSPS) is 13.3. The van der Waals surface area contributed by atoms with Gasteiger partial charge in [-0.2, -0.15) is 5.26 Å². The zero-order valence-corrected chi connectivity index (χ0v) is 13.3. The van der Waals surface area contributed by atoms with Crippen molar-refractivity contribution in [1.29, 1.82) is 5.26 Å². The summed E-state index contributed by atoms with van der Waals surface area (Å²) in [5.41, 5.74) is -0.180. The Bertz CT molecular complexity index is 726. The molecule has 1 atom stereocenters. The van der Waals surface area contributed by atoms with E-state index in [0.717, 1.165) is 6.26 Å². The zero-order valence-electron chi connectivity index (χ0n) is 11.8. The predicted molar refractivity (Wildman–Crippen MR) is 77.9 cm³/mol. The van der Waals surface area contributed by atoms with E-state index >= 15 is 0 Å². The molecular formula is C14H14ClNO4S. The molecule has 0 saturated heterocycles. The number of hydrogen-bond acceptors (Lipinski definition) is 5. The molecule has 0 aromatic heterocycles. The first-order chi connectivity index (χ1) is 9.50. The molecule has 0 heterocycles. The zero-order chi connectivity index (χ0) is 16.4. The van der Waals surface area contributed by atoms with Gasteiger partial charge in [0.15, 0.2) is 27.3 Å². The molecule has 0 N–H and O–H groups in total. The minimum absolute atomic E-state index is 0.180. The van der Waals surface area contributed by atoms with E-state index in [4.69, 9.17) is 16.9 Å². The van der Waals surface area contributed by atoms with Crippen LogP contribution in [0.3, 0.4) is 0 Å². The van der Waals surface area contributed by atoms with E-state index in [2.05, 4.69) is 0 Å². The maximum Gasteiger partial charge on any atom is 0.188 e. The number of Topliss-reactive ketones (excluding diaryl/α,β-unsaturated/α-hetero) is 2. The Kier molecular flexibility index (Phi) is 4.92. The standard InChI is InChI=1S/C14H14ClNO4S/c1-14(2,15)13(18)10(8-16)12(17)9-6-4-5-7-11(9)21(3,19)20/h4-7,10H,1-3H3. The molecule has 112 valence electrons. The van der Waals surface area contributed by atoms with E-state index in [9.17, 15) is 18.0 Å². The van der Waals surface area contributed by atoms with Gasteiger partial charge in [0.25, 0.3) is 0 Å². The molecular weight excluding hydrogens is 314 g/mol. The Labute approximate surface area is 128 Å². The third kappa shape index (κ3) is 3.90. The van der Waals surface area contributed by atoms with Crippen molar-refractivity contribution >= 4 is 33.0 Å². The maximum absolute atomic E-state index is 12.4. The van der Waals surface area contributed by atoms with E-state index in [0.29, 0.717) is 0 Å². The number of hydrogen-bond donors (Lipinski definition) is 0. The van der Waals surface area contributed by atoms with Gasteiger partial charge in [0, 0.05) is 11.8 Å². The molecule has 0 saturated carbocycles. The first-order valence-corrected chi connectivity index (χ1v) is 8.23. The van der Waals surface area contributed by atoms with Gasteiger partial charge in [0.1, 0.15) is 0 Å². The van der Waals surface area contributed by atoms with Crippen LogP contribution in [-0.2, 0) is 14.6 Å². The Morgan fingerprint density at radius 3 is 2.24 bits per heavy atom.